The Balaban J connectivity index is 1.83. The van der Waals surface area contributed by atoms with Gasteiger partial charge in [-0.3, -0.25) is 9.29 Å². The van der Waals surface area contributed by atoms with Crippen LogP contribution in [0.3, 0.4) is 0 Å². The van der Waals surface area contributed by atoms with Crippen LogP contribution < -0.4 is 9.46 Å². The lowest BCUT2D eigenvalue weighted by atomic mass is 10.2. The fraction of sp³-hybridized carbons (Fsp3) is 0.292. The Labute approximate surface area is 223 Å². The summed E-state index contributed by atoms with van der Waals surface area (Å²) in [7, 11) is -1.50. The lowest BCUT2D eigenvalue weighted by Crippen LogP contribution is -2.34. The van der Waals surface area contributed by atoms with Crippen molar-refractivity contribution >= 4 is 27.6 Å². The molecule has 0 radical (unpaired) electrons. The van der Waals surface area contributed by atoms with Crippen LogP contribution >= 0.6 is 0 Å². The third kappa shape index (κ3) is 5.66. The molecule has 15 heteroatoms. The van der Waals surface area contributed by atoms with Crippen molar-refractivity contribution in [2.75, 3.05) is 25.5 Å². The normalized spacial score (nSPS) is 14.4. The largest absolute Gasteiger partial charge is 0.506 e. The van der Waals surface area contributed by atoms with E-state index in [0.29, 0.717) is 0 Å². The number of hydrogen-bond donors (Lipinski definition) is 2. The van der Waals surface area contributed by atoms with E-state index in [4.69, 9.17) is 14.2 Å². The predicted octanol–water partition coefficient (Wildman–Crippen LogP) is 2.53. The molecule has 0 aliphatic carbocycles. The van der Waals surface area contributed by atoms with Gasteiger partial charge in [0.15, 0.2) is 23.2 Å². The molecule has 3 heterocycles. The van der Waals surface area contributed by atoms with E-state index in [0.717, 1.165) is 12.4 Å². The summed E-state index contributed by atoms with van der Waals surface area (Å²) < 4.78 is 60.4. The summed E-state index contributed by atoms with van der Waals surface area (Å²) in [6, 6.07) is 4.49. The monoisotopic (exact) mass is 557 g/mol. The Hall–Kier alpha value is -4.55. The van der Waals surface area contributed by atoms with Crippen LogP contribution in [0.2, 0.25) is 0 Å². The Morgan fingerprint density at radius 1 is 1.18 bits per heavy atom. The van der Waals surface area contributed by atoms with Crippen molar-refractivity contribution in [3.63, 3.8) is 0 Å². The third-order valence-electron chi connectivity index (χ3n) is 5.50. The van der Waals surface area contributed by atoms with Crippen molar-refractivity contribution in [2.24, 2.45) is 4.99 Å². The smallest absolute Gasteiger partial charge is 0.243 e. The molecule has 3 aromatic rings. The number of nitrogens with zero attached hydrogens (tertiary/aromatic N) is 6. The van der Waals surface area contributed by atoms with Gasteiger partial charge in [0.25, 0.3) is 0 Å². The van der Waals surface area contributed by atoms with Gasteiger partial charge in [0.2, 0.25) is 21.9 Å². The highest BCUT2D eigenvalue weighted by atomic mass is 32.2. The molecule has 0 amide bonds. The molecule has 13 nitrogen and oxygen atoms in total. The Morgan fingerprint density at radius 3 is 2.59 bits per heavy atom. The number of phenolic OH excluding ortho intramolecular Hbond substituents is 1. The van der Waals surface area contributed by atoms with Crippen molar-refractivity contribution in [2.45, 2.75) is 25.2 Å². The van der Waals surface area contributed by atoms with E-state index in [1.165, 1.54) is 37.9 Å². The Morgan fingerprint density at radius 2 is 1.92 bits per heavy atom. The van der Waals surface area contributed by atoms with E-state index in [2.05, 4.69) is 41.3 Å². The van der Waals surface area contributed by atoms with Crippen LogP contribution in [-0.4, -0.2) is 70.2 Å². The molecule has 0 saturated carbocycles. The van der Waals surface area contributed by atoms with E-state index in [1.54, 1.807) is 19.1 Å². The standard InChI is InChI=1S/C24H24FN7O6S/c1-5-38-21(22-26-12-15(25)13-27-22)14(2)39(34,35)31-24-30-29-23(16-8-6-11-19(28-16)37-4)32(24)20-17(33)9-7-10-18(20)36-3/h7,9-14,21,33H,5H2,1-4H3,(H,30,31)/t14-,21-/m0/s1. The number of aromatic nitrogens is 5. The van der Waals surface area contributed by atoms with Crippen molar-refractivity contribution in [1.82, 2.24) is 24.7 Å². The van der Waals surface area contributed by atoms with Gasteiger partial charge >= 0.3 is 0 Å². The number of hydrogen-bond acceptors (Lipinski definition) is 11. The van der Waals surface area contributed by atoms with Crippen LogP contribution in [0.4, 0.5) is 10.3 Å². The molecule has 2 N–H and O–H groups in total. The first-order valence-electron chi connectivity index (χ1n) is 11.5. The van der Waals surface area contributed by atoms with Crippen LogP contribution in [0.1, 0.15) is 31.6 Å². The molecular formula is C24H24FN7O6S. The number of nitrogens with one attached hydrogen (secondary N) is 1. The zero-order valence-electron chi connectivity index (χ0n) is 21.3. The fourth-order valence-corrected chi connectivity index (χ4v) is 4.71. The summed E-state index contributed by atoms with van der Waals surface area (Å²) >= 11 is 0. The van der Waals surface area contributed by atoms with Crippen LogP contribution in [0, 0.1) is 5.82 Å². The molecule has 2 aromatic heterocycles. The van der Waals surface area contributed by atoms with E-state index in [-0.39, 0.29) is 53.0 Å². The van der Waals surface area contributed by atoms with Crippen molar-refractivity contribution < 1.29 is 32.1 Å². The molecule has 0 saturated heterocycles. The summed E-state index contributed by atoms with van der Waals surface area (Å²) in [6.07, 6.45) is 2.14. The number of rotatable bonds is 10. The number of para-hydroxylation sites is 1. The van der Waals surface area contributed by atoms with Crippen molar-refractivity contribution in [3.05, 3.63) is 65.6 Å². The highest BCUT2D eigenvalue weighted by Crippen LogP contribution is 2.37. The first-order chi connectivity index (χ1) is 18.7. The van der Waals surface area contributed by atoms with Crippen LogP contribution in [0.15, 0.2) is 53.1 Å². The summed E-state index contributed by atoms with van der Waals surface area (Å²) in [4.78, 5) is 12.0. The molecule has 39 heavy (non-hydrogen) atoms. The number of ether oxygens (including phenoxy) is 3. The first-order valence-corrected chi connectivity index (χ1v) is 13.0. The average molecular weight is 558 g/mol. The first kappa shape index (κ1) is 27.5. The van der Waals surface area contributed by atoms with Gasteiger partial charge in [-0.2, -0.15) is 0 Å². The van der Waals surface area contributed by atoms with Crippen molar-refractivity contribution in [3.8, 4) is 17.2 Å². The highest BCUT2D eigenvalue weighted by molar-refractivity contribution is 7.93. The number of methoxy groups -OCH3 is 2. The summed E-state index contributed by atoms with van der Waals surface area (Å²) in [6.45, 7) is 3.18. The number of sulfonamides is 1. The fourth-order valence-electron chi connectivity index (χ4n) is 3.61. The average Bonchev–Trinajstić information content (AvgIpc) is 3.33. The number of halogens is 1. The Kier molecular flexibility index (Phi) is 8.07. The SMILES string of the molecule is CCO[C@H](c1ncc(F)cn1)[C@H](C)S(=O)(=O)Nc1nnc(C2=C=C=CC(OC)=N2)n1-c1c(O)cccc1OC. The van der Waals surface area contributed by atoms with E-state index in [1.807, 2.05) is 0 Å². The Bertz CT molecular complexity index is 1610. The molecule has 204 valence electrons. The minimum atomic E-state index is -4.30. The molecule has 4 rings (SSSR count). The third-order valence-corrected chi connectivity index (χ3v) is 7.20. The minimum Gasteiger partial charge on any atom is -0.506 e. The zero-order chi connectivity index (χ0) is 28.2. The summed E-state index contributed by atoms with van der Waals surface area (Å²) in [5, 5.41) is 17.6. The number of aromatic hydroxyl groups is 1. The summed E-state index contributed by atoms with van der Waals surface area (Å²) in [5.74, 6) is -0.891. The van der Waals surface area contributed by atoms with Gasteiger partial charge in [0.1, 0.15) is 28.5 Å². The lowest BCUT2D eigenvalue weighted by molar-refractivity contribution is 0.0556. The van der Waals surface area contributed by atoms with E-state index in [9.17, 15) is 17.9 Å². The molecule has 2 atom stereocenters. The maximum Gasteiger partial charge on any atom is 0.243 e. The zero-order valence-corrected chi connectivity index (χ0v) is 22.1. The molecule has 1 aliphatic rings. The molecule has 1 aromatic carbocycles. The molecule has 1 aliphatic heterocycles. The van der Waals surface area contributed by atoms with Crippen LogP contribution in [0.25, 0.3) is 11.4 Å². The van der Waals surface area contributed by atoms with E-state index < -0.39 is 27.2 Å². The second kappa shape index (κ2) is 11.5. The number of anilines is 1. The quantitative estimate of drug-likeness (QED) is 0.354. The van der Waals surface area contributed by atoms with Gasteiger partial charge in [-0.05, 0) is 31.7 Å². The summed E-state index contributed by atoms with van der Waals surface area (Å²) in [5.41, 5.74) is 5.65. The maximum absolute atomic E-state index is 13.6. The maximum atomic E-state index is 13.6. The van der Waals surface area contributed by atoms with Gasteiger partial charge in [0, 0.05) is 6.61 Å². The lowest BCUT2D eigenvalue weighted by Gasteiger charge is -2.23. The second-order valence-corrected chi connectivity index (χ2v) is 9.95. The number of phenols is 1. The molecule has 0 spiro atoms. The molecule has 0 bridgehead atoms. The number of aliphatic imine (C=N–C) groups is 1. The van der Waals surface area contributed by atoms with Gasteiger partial charge in [0.05, 0.1) is 32.7 Å². The van der Waals surface area contributed by atoms with Crippen molar-refractivity contribution in [1.29, 1.82) is 0 Å². The predicted molar refractivity (Wildman–Crippen MR) is 137 cm³/mol. The minimum absolute atomic E-state index is 0.00136. The molecular weight excluding hydrogens is 533 g/mol. The highest BCUT2D eigenvalue weighted by Gasteiger charge is 2.35. The van der Waals surface area contributed by atoms with Gasteiger partial charge in [-0.1, -0.05) is 11.8 Å². The van der Waals surface area contributed by atoms with Crippen LogP contribution in [-0.2, 0) is 19.5 Å². The molecule has 0 fully saturated rings. The van der Waals surface area contributed by atoms with Gasteiger partial charge in [-0.15, -0.1) is 10.2 Å². The topological polar surface area (TPSA) is 163 Å². The van der Waals surface area contributed by atoms with Crippen LogP contribution in [0.5, 0.6) is 11.5 Å². The molecule has 0 unspecified atom stereocenters. The van der Waals surface area contributed by atoms with Gasteiger partial charge in [-0.25, -0.2) is 27.8 Å². The number of benzene rings is 1. The second-order valence-electron chi connectivity index (χ2n) is 7.91. The van der Waals surface area contributed by atoms with E-state index >= 15 is 0 Å². The van der Waals surface area contributed by atoms with Gasteiger partial charge < -0.3 is 19.3 Å².